The molecule has 2 aliphatic heterocycles. The first kappa shape index (κ1) is 20.8. The lowest BCUT2D eigenvalue weighted by molar-refractivity contribution is 0.102. The van der Waals surface area contributed by atoms with Crippen molar-refractivity contribution in [2.24, 2.45) is 5.92 Å². The lowest BCUT2D eigenvalue weighted by atomic mass is 9.88. The molecule has 2 aliphatic rings. The minimum atomic E-state index is -0.207. The van der Waals surface area contributed by atoms with Crippen LogP contribution in [0.15, 0.2) is 84.9 Å². The van der Waals surface area contributed by atoms with Crippen molar-refractivity contribution in [3.63, 3.8) is 0 Å². The summed E-state index contributed by atoms with van der Waals surface area (Å²) in [5, 5.41) is 0. The number of carbonyl (C=O) groups is 1. The Bertz CT molecular complexity index is 1040. The average molecular weight is 427 g/mol. The number of amides is 1. The van der Waals surface area contributed by atoms with Crippen molar-refractivity contribution in [3.8, 4) is 0 Å². The second-order valence-electron chi connectivity index (χ2n) is 8.98. The molecule has 0 aromatic heterocycles. The number of ether oxygens (including phenoxy) is 1. The molecule has 2 unspecified atom stereocenters. The van der Waals surface area contributed by atoms with Crippen LogP contribution in [0, 0.1) is 5.92 Å². The molecule has 4 heteroatoms. The molecule has 0 saturated carbocycles. The van der Waals surface area contributed by atoms with Crippen molar-refractivity contribution in [1.29, 1.82) is 0 Å². The van der Waals surface area contributed by atoms with Crippen molar-refractivity contribution in [2.45, 2.75) is 25.5 Å². The molecule has 1 fully saturated rings. The Morgan fingerprint density at radius 3 is 2.31 bits per heavy atom. The molecular weight excluding hydrogens is 396 g/mol. The molecule has 32 heavy (non-hydrogen) atoms. The van der Waals surface area contributed by atoms with Crippen LogP contribution in [0.2, 0.25) is 0 Å². The van der Waals surface area contributed by atoms with Gasteiger partial charge in [0, 0.05) is 38.6 Å². The lowest BCUT2D eigenvalue weighted by Crippen LogP contribution is -2.37. The third-order valence-electron chi connectivity index (χ3n) is 6.83. The molecule has 5 rings (SSSR count). The summed E-state index contributed by atoms with van der Waals surface area (Å²) in [5.41, 5.74) is 5.24. The van der Waals surface area contributed by atoms with E-state index in [0.717, 1.165) is 38.2 Å². The standard InChI is InChI=1S/C28H30N2O2/c31-28(32-21-22-9-3-1-4-10-22)30-19-26(27(20-30)24-12-5-2-6-13-24)18-29-16-15-23-11-7-8-14-25(23)17-29/h1-14,26-27H,15-21H2. The number of hydrogen-bond donors (Lipinski definition) is 0. The van der Waals surface area contributed by atoms with E-state index in [1.165, 1.54) is 16.7 Å². The smallest absolute Gasteiger partial charge is 0.410 e. The number of likely N-dealkylation sites (tertiary alicyclic amines) is 1. The van der Waals surface area contributed by atoms with E-state index in [9.17, 15) is 4.79 Å². The van der Waals surface area contributed by atoms with Gasteiger partial charge in [-0.3, -0.25) is 4.90 Å². The van der Waals surface area contributed by atoms with Gasteiger partial charge in [0.05, 0.1) is 0 Å². The first-order valence-corrected chi connectivity index (χ1v) is 11.6. The monoisotopic (exact) mass is 426 g/mol. The molecule has 2 heterocycles. The number of carbonyl (C=O) groups excluding carboxylic acids is 1. The fraction of sp³-hybridized carbons (Fsp3) is 0.321. The highest BCUT2D eigenvalue weighted by Crippen LogP contribution is 2.34. The van der Waals surface area contributed by atoms with Gasteiger partial charge in [0.15, 0.2) is 0 Å². The summed E-state index contributed by atoms with van der Waals surface area (Å²) in [7, 11) is 0. The summed E-state index contributed by atoms with van der Waals surface area (Å²) in [6, 6.07) is 29.3. The van der Waals surface area contributed by atoms with Crippen LogP contribution in [0.5, 0.6) is 0 Å². The van der Waals surface area contributed by atoms with Crippen LogP contribution in [-0.2, 0) is 24.3 Å². The lowest BCUT2D eigenvalue weighted by Gasteiger charge is -2.32. The number of hydrogen-bond acceptors (Lipinski definition) is 3. The first-order chi connectivity index (χ1) is 15.8. The molecule has 164 valence electrons. The summed E-state index contributed by atoms with van der Waals surface area (Å²) in [6.07, 6.45) is 0.892. The van der Waals surface area contributed by atoms with Crippen molar-refractivity contribution in [2.75, 3.05) is 26.2 Å². The highest BCUT2D eigenvalue weighted by molar-refractivity contribution is 5.68. The molecule has 0 radical (unpaired) electrons. The minimum absolute atomic E-state index is 0.207. The normalized spacial score (nSPS) is 20.7. The van der Waals surface area contributed by atoms with Crippen molar-refractivity contribution in [1.82, 2.24) is 9.80 Å². The van der Waals surface area contributed by atoms with E-state index in [0.29, 0.717) is 25.0 Å². The predicted octanol–water partition coefficient (Wildman–Crippen LogP) is 5.10. The highest BCUT2D eigenvalue weighted by atomic mass is 16.6. The van der Waals surface area contributed by atoms with Crippen LogP contribution in [0.1, 0.15) is 28.2 Å². The van der Waals surface area contributed by atoms with Crippen molar-refractivity contribution >= 4 is 6.09 Å². The summed E-state index contributed by atoms with van der Waals surface area (Å²) >= 11 is 0. The summed E-state index contributed by atoms with van der Waals surface area (Å²) in [5.74, 6) is 0.726. The van der Waals surface area contributed by atoms with E-state index in [2.05, 4.69) is 59.5 Å². The molecule has 0 N–H and O–H groups in total. The molecule has 2 atom stereocenters. The summed E-state index contributed by atoms with van der Waals surface area (Å²) in [4.78, 5) is 17.4. The minimum Gasteiger partial charge on any atom is -0.445 e. The molecule has 3 aromatic rings. The fourth-order valence-electron chi connectivity index (χ4n) is 5.14. The van der Waals surface area contributed by atoms with Gasteiger partial charge < -0.3 is 9.64 Å². The maximum Gasteiger partial charge on any atom is 0.410 e. The van der Waals surface area contributed by atoms with Crippen LogP contribution in [-0.4, -0.2) is 42.1 Å². The van der Waals surface area contributed by atoms with Gasteiger partial charge >= 0.3 is 6.09 Å². The molecular formula is C28H30N2O2. The van der Waals surface area contributed by atoms with Gasteiger partial charge in [0.1, 0.15) is 6.61 Å². The zero-order chi connectivity index (χ0) is 21.8. The Balaban J connectivity index is 1.27. The van der Waals surface area contributed by atoms with E-state index in [1.54, 1.807) is 0 Å². The van der Waals surface area contributed by atoms with Gasteiger partial charge in [0.2, 0.25) is 0 Å². The molecule has 0 spiro atoms. The van der Waals surface area contributed by atoms with Crippen LogP contribution in [0.3, 0.4) is 0 Å². The quantitative estimate of drug-likeness (QED) is 0.569. The Morgan fingerprint density at radius 2 is 1.53 bits per heavy atom. The predicted molar refractivity (Wildman–Crippen MR) is 126 cm³/mol. The fourth-order valence-corrected chi connectivity index (χ4v) is 5.14. The third kappa shape index (κ3) is 4.71. The highest BCUT2D eigenvalue weighted by Gasteiger charge is 2.38. The zero-order valence-electron chi connectivity index (χ0n) is 18.4. The summed E-state index contributed by atoms with van der Waals surface area (Å²) in [6.45, 7) is 4.84. The Morgan fingerprint density at radius 1 is 0.844 bits per heavy atom. The number of benzene rings is 3. The van der Waals surface area contributed by atoms with E-state index in [1.807, 2.05) is 35.2 Å². The number of nitrogens with zero attached hydrogens (tertiary/aromatic N) is 2. The van der Waals surface area contributed by atoms with Crippen LogP contribution in [0.4, 0.5) is 4.79 Å². The molecule has 1 saturated heterocycles. The van der Waals surface area contributed by atoms with Gasteiger partial charge in [-0.15, -0.1) is 0 Å². The third-order valence-corrected chi connectivity index (χ3v) is 6.83. The van der Waals surface area contributed by atoms with Crippen molar-refractivity contribution in [3.05, 3.63) is 107 Å². The van der Waals surface area contributed by atoms with Gasteiger partial charge in [-0.25, -0.2) is 4.79 Å². The van der Waals surface area contributed by atoms with Crippen molar-refractivity contribution < 1.29 is 9.53 Å². The molecule has 4 nitrogen and oxygen atoms in total. The largest absolute Gasteiger partial charge is 0.445 e. The number of rotatable bonds is 5. The Hall–Kier alpha value is -3.11. The second-order valence-corrected chi connectivity index (χ2v) is 8.98. The van der Waals surface area contributed by atoms with E-state index in [4.69, 9.17) is 4.74 Å². The van der Waals surface area contributed by atoms with E-state index in [-0.39, 0.29) is 6.09 Å². The van der Waals surface area contributed by atoms with Gasteiger partial charge in [-0.2, -0.15) is 0 Å². The maximum absolute atomic E-state index is 12.9. The topological polar surface area (TPSA) is 32.8 Å². The zero-order valence-corrected chi connectivity index (χ0v) is 18.4. The Labute approximate surface area is 190 Å². The maximum atomic E-state index is 12.9. The summed E-state index contributed by atoms with van der Waals surface area (Å²) < 4.78 is 5.65. The second kappa shape index (κ2) is 9.58. The van der Waals surface area contributed by atoms with Gasteiger partial charge in [0.25, 0.3) is 0 Å². The van der Waals surface area contributed by atoms with E-state index < -0.39 is 0 Å². The average Bonchev–Trinajstić information content (AvgIpc) is 3.27. The van der Waals surface area contributed by atoms with Gasteiger partial charge in [-0.05, 0) is 34.6 Å². The molecule has 1 amide bonds. The SMILES string of the molecule is O=C(OCc1ccccc1)N1CC(CN2CCc3ccccc3C2)C(c2ccccc2)C1. The van der Waals surface area contributed by atoms with Crippen LogP contribution < -0.4 is 0 Å². The molecule has 0 bridgehead atoms. The van der Waals surface area contributed by atoms with Crippen LogP contribution in [0.25, 0.3) is 0 Å². The van der Waals surface area contributed by atoms with E-state index >= 15 is 0 Å². The van der Waals surface area contributed by atoms with Gasteiger partial charge in [-0.1, -0.05) is 84.9 Å². The molecule has 0 aliphatic carbocycles. The Kier molecular flexibility index (Phi) is 6.22. The van der Waals surface area contributed by atoms with Crippen LogP contribution >= 0.6 is 0 Å². The molecule has 3 aromatic carbocycles. The first-order valence-electron chi connectivity index (χ1n) is 11.6. The number of fused-ring (bicyclic) bond motifs is 1.